The van der Waals surface area contributed by atoms with E-state index in [4.69, 9.17) is 15.2 Å². The summed E-state index contributed by atoms with van der Waals surface area (Å²) in [5, 5.41) is 12.9. The number of nitrogens with one attached hydrogen (secondary N) is 1. The van der Waals surface area contributed by atoms with E-state index in [1.807, 2.05) is 13.8 Å². The first-order chi connectivity index (χ1) is 9.49. The van der Waals surface area contributed by atoms with E-state index in [0.29, 0.717) is 24.1 Å². The molecule has 1 rings (SSSR count). The van der Waals surface area contributed by atoms with Crippen LogP contribution in [0.2, 0.25) is 0 Å². The largest absolute Gasteiger partial charge is 0.487 e. The van der Waals surface area contributed by atoms with E-state index >= 15 is 0 Å². The number of nitrogens with two attached hydrogens (primary N) is 1. The summed E-state index contributed by atoms with van der Waals surface area (Å²) in [6, 6.07) is 7.23. The van der Waals surface area contributed by atoms with E-state index in [1.165, 1.54) is 0 Å². The van der Waals surface area contributed by atoms with Gasteiger partial charge in [-0.05, 0) is 12.1 Å². The number of carbonyl (C=O) groups excluding carboxylic acids is 1. The Bertz CT molecular complexity index is 423. The molecule has 1 unspecified atom stereocenters. The second-order valence-corrected chi connectivity index (χ2v) is 4.73. The van der Waals surface area contributed by atoms with Gasteiger partial charge in [0.2, 0.25) is 0 Å². The average Bonchev–Trinajstić information content (AvgIpc) is 2.41. The van der Waals surface area contributed by atoms with E-state index < -0.39 is 12.0 Å². The summed E-state index contributed by atoms with van der Waals surface area (Å²) in [6.07, 6.45) is -0.624. The van der Waals surface area contributed by atoms with Crippen molar-refractivity contribution in [1.29, 1.82) is 0 Å². The van der Waals surface area contributed by atoms with Crippen LogP contribution in [0.15, 0.2) is 24.3 Å². The number of carbonyl (C=O) groups is 1. The fourth-order valence-electron chi connectivity index (χ4n) is 1.45. The first-order valence-corrected chi connectivity index (χ1v) is 6.53. The molecule has 1 amide bonds. The molecule has 112 valence electrons. The zero-order valence-corrected chi connectivity index (χ0v) is 11.8. The number of amides is 1. The third-order valence-corrected chi connectivity index (χ3v) is 2.41. The van der Waals surface area contributed by atoms with E-state index in [2.05, 4.69) is 5.32 Å². The molecule has 0 saturated heterocycles. The zero-order valence-electron chi connectivity index (χ0n) is 11.8. The lowest BCUT2D eigenvalue weighted by atomic mass is 10.3. The van der Waals surface area contributed by atoms with E-state index in [0.717, 1.165) is 0 Å². The van der Waals surface area contributed by atoms with Crippen molar-refractivity contribution >= 4 is 5.91 Å². The number of ether oxygens (including phenoxy) is 2. The molecule has 0 aliphatic heterocycles. The Morgan fingerprint density at radius 2 is 1.90 bits per heavy atom. The molecule has 0 aromatic heterocycles. The predicted molar refractivity (Wildman–Crippen MR) is 75.8 cm³/mol. The predicted octanol–water partition coefficient (Wildman–Crippen LogP) is 0.288. The van der Waals surface area contributed by atoms with Gasteiger partial charge in [0.25, 0.3) is 5.91 Å². The Morgan fingerprint density at radius 3 is 2.45 bits per heavy atom. The molecule has 0 fully saturated rings. The van der Waals surface area contributed by atoms with Gasteiger partial charge >= 0.3 is 0 Å². The standard InChI is InChI=1S/C14H22N2O4/c1-10(2)16-7-11(17)8-19-12-5-3-4-6-13(12)20-9-14(15)18/h3-6,10-11,16-17H,7-9H2,1-2H3,(H2,15,18). The Balaban J connectivity index is 2.48. The van der Waals surface area contributed by atoms with Gasteiger partial charge in [0.05, 0.1) is 0 Å². The van der Waals surface area contributed by atoms with Crippen LogP contribution in [0.5, 0.6) is 11.5 Å². The monoisotopic (exact) mass is 282 g/mol. The van der Waals surface area contributed by atoms with Crippen molar-refractivity contribution in [3.05, 3.63) is 24.3 Å². The Morgan fingerprint density at radius 1 is 1.30 bits per heavy atom. The van der Waals surface area contributed by atoms with Crippen LogP contribution < -0.4 is 20.5 Å². The summed E-state index contributed by atoms with van der Waals surface area (Å²) in [7, 11) is 0. The molecule has 0 heterocycles. The fourth-order valence-corrected chi connectivity index (χ4v) is 1.45. The third-order valence-electron chi connectivity index (χ3n) is 2.41. The molecular weight excluding hydrogens is 260 g/mol. The average molecular weight is 282 g/mol. The number of para-hydroxylation sites is 2. The van der Waals surface area contributed by atoms with Gasteiger partial charge in [0.1, 0.15) is 12.7 Å². The topological polar surface area (TPSA) is 93.8 Å². The first kappa shape index (κ1) is 16.3. The Labute approximate surface area is 118 Å². The van der Waals surface area contributed by atoms with Crippen LogP contribution >= 0.6 is 0 Å². The van der Waals surface area contributed by atoms with Gasteiger partial charge in [-0.1, -0.05) is 26.0 Å². The third kappa shape index (κ3) is 6.40. The number of aliphatic hydroxyl groups excluding tert-OH is 1. The lowest BCUT2D eigenvalue weighted by Crippen LogP contribution is -2.35. The van der Waals surface area contributed by atoms with E-state index in [1.54, 1.807) is 24.3 Å². The second kappa shape index (κ2) is 8.39. The van der Waals surface area contributed by atoms with Crippen molar-refractivity contribution in [1.82, 2.24) is 5.32 Å². The summed E-state index contributed by atoms with van der Waals surface area (Å²) < 4.78 is 10.7. The van der Waals surface area contributed by atoms with Gasteiger partial charge in [0.15, 0.2) is 18.1 Å². The maximum absolute atomic E-state index is 10.7. The van der Waals surface area contributed by atoms with E-state index in [9.17, 15) is 9.90 Å². The minimum atomic E-state index is -0.624. The van der Waals surface area contributed by atoms with Crippen LogP contribution in [0.25, 0.3) is 0 Å². The molecule has 6 nitrogen and oxygen atoms in total. The molecular formula is C14H22N2O4. The molecule has 20 heavy (non-hydrogen) atoms. The van der Waals surface area contributed by atoms with Crippen LogP contribution in [0.4, 0.5) is 0 Å². The molecule has 1 aromatic carbocycles. The number of benzene rings is 1. The van der Waals surface area contributed by atoms with Gasteiger partial charge < -0.3 is 25.6 Å². The molecule has 6 heteroatoms. The molecule has 0 saturated carbocycles. The maximum atomic E-state index is 10.7. The number of rotatable bonds is 9. The van der Waals surface area contributed by atoms with Gasteiger partial charge in [0, 0.05) is 12.6 Å². The fraction of sp³-hybridized carbons (Fsp3) is 0.500. The lowest BCUT2D eigenvalue weighted by molar-refractivity contribution is -0.119. The zero-order chi connectivity index (χ0) is 15.0. The van der Waals surface area contributed by atoms with Crippen LogP contribution in [0, 0.1) is 0 Å². The van der Waals surface area contributed by atoms with Crippen LogP contribution in [-0.2, 0) is 4.79 Å². The van der Waals surface area contributed by atoms with Crippen LogP contribution in [-0.4, -0.2) is 42.9 Å². The SMILES string of the molecule is CC(C)NCC(O)COc1ccccc1OCC(N)=O. The van der Waals surface area contributed by atoms with Crippen molar-refractivity contribution in [2.45, 2.75) is 26.0 Å². The van der Waals surface area contributed by atoms with Gasteiger partial charge in [-0.25, -0.2) is 0 Å². The summed E-state index contributed by atoms with van der Waals surface area (Å²) in [5.74, 6) is 0.341. The highest BCUT2D eigenvalue weighted by atomic mass is 16.5. The molecule has 4 N–H and O–H groups in total. The normalized spacial score (nSPS) is 12.2. The Kier molecular flexibility index (Phi) is 6.83. The highest BCUT2D eigenvalue weighted by molar-refractivity contribution is 5.75. The minimum Gasteiger partial charge on any atom is -0.487 e. The summed E-state index contributed by atoms with van der Waals surface area (Å²) in [6.45, 7) is 4.37. The number of primary amides is 1. The Hall–Kier alpha value is -1.79. The molecule has 0 aliphatic carbocycles. The van der Waals surface area contributed by atoms with Crippen LogP contribution in [0.1, 0.15) is 13.8 Å². The molecule has 0 spiro atoms. The lowest BCUT2D eigenvalue weighted by Gasteiger charge is -2.16. The van der Waals surface area contributed by atoms with Gasteiger partial charge in [-0.3, -0.25) is 4.79 Å². The first-order valence-electron chi connectivity index (χ1n) is 6.53. The van der Waals surface area contributed by atoms with Gasteiger partial charge in [-0.2, -0.15) is 0 Å². The molecule has 1 aromatic rings. The second-order valence-electron chi connectivity index (χ2n) is 4.73. The quantitative estimate of drug-likeness (QED) is 0.605. The smallest absolute Gasteiger partial charge is 0.255 e. The molecule has 0 radical (unpaired) electrons. The maximum Gasteiger partial charge on any atom is 0.255 e. The summed E-state index contributed by atoms with van der Waals surface area (Å²) in [5.41, 5.74) is 5.03. The number of hydrogen-bond donors (Lipinski definition) is 3. The highest BCUT2D eigenvalue weighted by Gasteiger charge is 2.09. The summed E-state index contributed by atoms with van der Waals surface area (Å²) in [4.78, 5) is 10.7. The molecule has 1 atom stereocenters. The van der Waals surface area contributed by atoms with Crippen LogP contribution in [0.3, 0.4) is 0 Å². The number of aliphatic hydroxyl groups is 1. The van der Waals surface area contributed by atoms with E-state index in [-0.39, 0.29) is 13.2 Å². The van der Waals surface area contributed by atoms with Crippen molar-refractivity contribution in [3.8, 4) is 11.5 Å². The van der Waals surface area contributed by atoms with Gasteiger partial charge in [-0.15, -0.1) is 0 Å². The highest BCUT2D eigenvalue weighted by Crippen LogP contribution is 2.26. The van der Waals surface area contributed by atoms with Crippen molar-refractivity contribution in [2.75, 3.05) is 19.8 Å². The minimum absolute atomic E-state index is 0.136. The van der Waals surface area contributed by atoms with Crippen molar-refractivity contribution in [3.63, 3.8) is 0 Å². The van der Waals surface area contributed by atoms with Crippen molar-refractivity contribution < 1.29 is 19.4 Å². The molecule has 0 aliphatic rings. The summed E-state index contributed by atoms with van der Waals surface area (Å²) >= 11 is 0. The number of hydrogen-bond acceptors (Lipinski definition) is 5. The van der Waals surface area contributed by atoms with Crippen molar-refractivity contribution in [2.24, 2.45) is 5.73 Å². The molecule has 0 bridgehead atoms.